The van der Waals surface area contributed by atoms with Crippen molar-refractivity contribution >= 4 is 5.97 Å². The molecule has 0 saturated carbocycles. The molecule has 3 rings (SSSR count). The number of para-hydroxylation sites is 1. The molecular formula is C13H11N5O2. The zero-order valence-electron chi connectivity index (χ0n) is 10.6. The summed E-state index contributed by atoms with van der Waals surface area (Å²) in [5.41, 5.74) is 2.36. The van der Waals surface area contributed by atoms with Crippen molar-refractivity contribution in [1.29, 1.82) is 0 Å². The largest absolute Gasteiger partial charge is 0.476 e. The summed E-state index contributed by atoms with van der Waals surface area (Å²) in [6.07, 6.45) is 3.32. The molecule has 2 heterocycles. The third-order valence-corrected chi connectivity index (χ3v) is 2.95. The van der Waals surface area contributed by atoms with Gasteiger partial charge in [0.2, 0.25) is 0 Å². The lowest BCUT2D eigenvalue weighted by atomic mass is 10.1. The van der Waals surface area contributed by atoms with Crippen molar-refractivity contribution in [1.82, 2.24) is 24.8 Å². The van der Waals surface area contributed by atoms with Gasteiger partial charge in [0.1, 0.15) is 0 Å². The fourth-order valence-electron chi connectivity index (χ4n) is 2.05. The number of hydrogen-bond donors (Lipinski definition) is 1. The van der Waals surface area contributed by atoms with E-state index in [0.29, 0.717) is 5.69 Å². The second-order valence-electron chi connectivity index (χ2n) is 4.21. The van der Waals surface area contributed by atoms with Crippen LogP contribution in [0.4, 0.5) is 0 Å². The van der Waals surface area contributed by atoms with Gasteiger partial charge in [0.25, 0.3) is 0 Å². The van der Waals surface area contributed by atoms with Crippen molar-refractivity contribution in [3.8, 4) is 16.9 Å². The maximum absolute atomic E-state index is 11.0. The lowest BCUT2D eigenvalue weighted by molar-refractivity contribution is 0.0689. The fourth-order valence-corrected chi connectivity index (χ4v) is 2.05. The van der Waals surface area contributed by atoms with Crippen molar-refractivity contribution in [2.24, 2.45) is 7.05 Å². The van der Waals surface area contributed by atoms with Crippen LogP contribution < -0.4 is 0 Å². The van der Waals surface area contributed by atoms with E-state index in [1.165, 1.54) is 6.07 Å². The summed E-state index contributed by atoms with van der Waals surface area (Å²) in [4.78, 5) is 11.0. The minimum atomic E-state index is -1.05. The van der Waals surface area contributed by atoms with Crippen molar-refractivity contribution in [3.05, 3.63) is 48.4 Å². The minimum absolute atomic E-state index is 0.0101. The number of aryl methyl sites for hydroxylation is 1. The zero-order valence-corrected chi connectivity index (χ0v) is 10.6. The number of hydrogen-bond acceptors (Lipinski definition) is 4. The maximum Gasteiger partial charge on any atom is 0.356 e. The molecule has 20 heavy (non-hydrogen) atoms. The number of aromatic carboxylic acids is 1. The maximum atomic E-state index is 11.0. The van der Waals surface area contributed by atoms with Gasteiger partial charge in [-0.1, -0.05) is 23.4 Å². The number of carboxylic acid groups (broad SMARTS) is 1. The van der Waals surface area contributed by atoms with Crippen LogP contribution >= 0.6 is 0 Å². The van der Waals surface area contributed by atoms with Crippen molar-refractivity contribution < 1.29 is 9.90 Å². The van der Waals surface area contributed by atoms with Gasteiger partial charge in [0.05, 0.1) is 23.8 Å². The normalized spacial score (nSPS) is 10.7. The number of rotatable bonds is 3. The van der Waals surface area contributed by atoms with Gasteiger partial charge in [-0.15, -0.1) is 5.10 Å². The Morgan fingerprint density at radius 2 is 2.10 bits per heavy atom. The molecule has 3 aromatic rings. The smallest absolute Gasteiger partial charge is 0.356 e. The first kappa shape index (κ1) is 12.1. The summed E-state index contributed by atoms with van der Waals surface area (Å²) >= 11 is 0. The monoisotopic (exact) mass is 269 g/mol. The third kappa shape index (κ3) is 1.95. The first-order chi connectivity index (χ1) is 9.66. The molecule has 0 saturated heterocycles. The molecule has 0 aliphatic carbocycles. The van der Waals surface area contributed by atoms with Crippen LogP contribution in [0.5, 0.6) is 0 Å². The molecule has 0 aliphatic heterocycles. The lowest BCUT2D eigenvalue weighted by Gasteiger charge is -2.08. The predicted molar refractivity (Wildman–Crippen MR) is 70.5 cm³/mol. The van der Waals surface area contributed by atoms with Crippen molar-refractivity contribution in [3.63, 3.8) is 0 Å². The van der Waals surface area contributed by atoms with Crippen LogP contribution in [0, 0.1) is 0 Å². The Hall–Kier alpha value is -2.96. The Kier molecular flexibility index (Phi) is 2.79. The Morgan fingerprint density at radius 3 is 2.75 bits per heavy atom. The van der Waals surface area contributed by atoms with E-state index in [2.05, 4.69) is 15.4 Å². The third-order valence-electron chi connectivity index (χ3n) is 2.95. The molecule has 0 atom stereocenters. The second-order valence-corrected chi connectivity index (χ2v) is 4.21. The van der Waals surface area contributed by atoms with Crippen LogP contribution in [0.15, 0.2) is 42.7 Å². The first-order valence-corrected chi connectivity index (χ1v) is 5.90. The van der Waals surface area contributed by atoms with Crippen molar-refractivity contribution in [2.45, 2.75) is 0 Å². The Morgan fingerprint density at radius 1 is 1.30 bits per heavy atom. The van der Waals surface area contributed by atoms with E-state index >= 15 is 0 Å². The van der Waals surface area contributed by atoms with Gasteiger partial charge in [0, 0.05) is 12.6 Å². The Labute approximate surface area is 114 Å². The van der Waals surface area contributed by atoms with Gasteiger partial charge >= 0.3 is 5.97 Å². The topological polar surface area (TPSA) is 85.8 Å². The summed E-state index contributed by atoms with van der Waals surface area (Å²) in [5, 5.41) is 20.8. The van der Waals surface area contributed by atoms with Crippen LogP contribution in [0.2, 0.25) is 0 Å². The lowest BCUT2D eigenvalue weighted by Crippen LogP contribution is -2.01. The van der Waals surface area contributed by atoms with E-state index in [-0.39, 0.29) is 5.69 Å². The average molecular weight is 269 g/mol. The van der Waals surface area contributed by atoms with E-state index < -0.39 is 5.97 Å². The van der Waals surface area contributed by atoms with Crippen LogP contribution in [0.25, 0.3) is 16.9 Å². The highest BCUT2D eigenvalue weighted by Crippen LogP contribution is 2.26. The SMILES string of the molecule is Cn1nc(C(=O)O)cc1-c1ccccc1-n1ccnn1. The molecule has 7 heteroatoms. The molecule has 0 fully saturated rings. The van der Waals surface area contributed by atoms with Gasteiger partial charge in [-0.2, -0.15) is 5.10 Å². The van der Waals surface area contributed by atoms with Crippen LogP contribution in [-0.2, 0) is 7.05 Å². The van der Waals surface area contributed by atoms with Gasteiger partial charge < -0.3 is 5.11 Å². The summed E-state index contributed by atoms with van der Waals surface area (Å²) in [5.74, 6) is -1.05. The van der Waals surface area contributed by atoms with Gasteiger partial charge in [0.15, 0.2) is 5.69 Å². The van der Waals surface area contributed by atoms with Gasteiger partial charge in [-0.25, -0.2) is 9.48 Å². The van der Waals surface area contributed by atoms with E-state index in [1.807, 2.05) is 24.3 Å². The van der Waals surface area contributed by atoms with Crippen molar-refractivity contribution in [2.75, 3.05) is 0 Å². The molecule has 0 bridgehead atoms. The number of carboxylic acids is 1. The number of carbonyl (C=O) groups is 1. The summed E-state index contributed by atoms with van der Waals surface area (Å²) in [6, 6.07) is 9.08. The molecule has 7 nitrogen and oxygen atoms in total. The molecule has 2 aromatic heterocycles. The molecule has 1 aromatic carbocycles. The Balaban J connectivity index is 2.18. The highest BCUT2D eigenvalue weighted by atomic mass is 16.4. The molecule has 0 radical (unpaired) electrons. The highest BCUT2D eigenvalue weighted by Gasteiger charge is 2.15. The van der Waals surface area contributed by atoms with E-state index in [0.717, 1.165) is 11.3 Å². The number of nitrogens with zero attached hydrogens (tertiary/aromatic N) is 5. The molecule has 0 aliphatic rings. The Bertz CT molecular complexity index is 761. The van der Waals surface area contributed by atoms with E-state index in [1.54, 1.807) is 28.8 Å². The van der Waals surface area contributed by atoms with Crippen LogP contribution in [-0.4, -0.2) is 35.9 Å². The van der Waals surface area contributed by atoms with Gasteiger partial charge in [-0.05, 0) is 12.1 Å². The second kappa shape index (κ2) is 4.61. The molecular weight excluding hydrogens is 258 g/mol. The summed E-state index contributed by atoms with van der Waals surface area (Å²) < 4.78 is 3.17. The molecule has 0 unspecified atom stereocenters. The fraction of sp³-hybridized carbons (Fsp3) is 0.0769. The zero-order chi connectivity index (χ0) is 14.1. The first-order valence-electron chi connectivity index (χ1n) is 5.90. The van der Waals surface area contributed by atoms with Crippen LogP contribution in [0.3, 0.4) is 0 Å². The minimum Gasteiger partial charge on any atom is -0.476 e. The predicted octanol–water partition coefficient (Wildman–Crippen LogP) is 1.37. The molecule has 100 valence electrons. The average Bonchev–Trinajstić information content (AvgIpc) is 3.08. The summed E-state index contributed by atoms with van der Waals surface area (Å²) in [6.45, 7) is 0. The standard InChI is InChI=1S/C13H11N5O2/c1-17-12(8-10(15-17)13(19)20)9-4-2-3-5-11(9)18-7-6-14-16-18/h2-8H,1H3,(H,19,20). The van der Waals surface area contributed by atoms with E-state index in [9.17, 15) is 4.79 Å². The molecule has 0 spiro atoms. The molecule has 0 amide bonds. The van der Waals surface area contributed by atoms with Gasteiger partial charge in [-0.3, -0.25) is 4.68 Å². The van der Waals surface area contributed by atoms with Crippen LogP contribution in [0.1, 0.15) is 10.5 Å². The quantitative estimate of drug-likeness (QED) is 0.776. The number of aromatic nitrogens is 5. The highest BCUT2D eigenvalue weighted by molar-refractivity contribution is 5.87. The number of benzene rings is 1. The molecule has 1 N–H and O–H groups in total. The van der Waals surface area contributed by atoms with E-state index in [4.69, 9.17) is 5.11 Å². The summed E-state index contributed by atoms with van der Waals surface area (Å²) in [7, 11) is 1.71.